The molecule has 8 heteroatoms. The minimum Gasteiger partial charge on any atom is -0.481 e. The summed E-state index contributed by atoms with van der Waals surface area (Å²) < 4.78 is 0. The number of hydrogen-bond donors (Lipinski definition) is 4. The quantitative estimate of drug-likeness (QED) is 0.374. The zero-order valence-corrected chi connectivity index (χ0v) is 13.8. The molecule has 0 radical (unpaired) electrons. The first kappa shape index (κ1) is 21.9. The number of hydrogen-bond acceptors (Lipinski definition) is 4. The smallest absolute Gasteiger partial charge is 0.306 e. The van der Waals surface area contributed by atoms with Crippen molar-refractivity contribution < 1.29 is 39.6 Å². The van der Waals surface area contributed by atoms with Crippen molar-refractivity contribution >= 4 is 23.9 Å². The second-order valence-electron chi connectivity index (χ2n) is 5.95. The van der Waals surface area contributed by atoms with E-state index in [1.54, 1.807) is 6.92 Å². The Balaban J connectivity index is 4.52. The lowest BCUT2D eigenvalue weighted by atomic mass is 9.87. The third-order valence-corrected chi connectivity index (χ3v) is 4.21. The van der Waals surface area contributed by atoms with Crippen LogP contribution in [0.3, 0.4) is 0 Å². The van der Waals surface area contributed by atoms with Crippen LogP contribution in [0.4, 0.5) is 0 Å². The fraction of sp³-hybridized carbons (Fsp3) is 0.750. The van der Waals surface area contributed by atoms with Gasteiger partial charge in [0, 0.05) is 6.42 Å². The predicted molar refractivity (Wildman–Crippen MR) is 83.6 cm³/mol. The summed E-state index contributed by atoms with van der Waals surface area (Å²) in [5.74, 6) is -6.27. The maximum Gasteiger partial charge on any atom is 0.306 e. The van der Waals surface area contributed by atoms with Gasteiger partial charge in [0.05, 0.1) is 17.8 Å². The van der Waals surface area contributed by atoms with E-state index in [4.69, 9.17) is 15.3 Å². The highest BCUT2D eigenvalue weighted by Crippen LogP contribution is 2.24. The van der Waals surface area contributed by atoms with Gasteiger partial charge in [0.25, 0.3) is 0 Å². The number of carboxylic acid groups (broad SMARTS) is 4. The summed E-state index contributed by atoms with van der Waals surface area (Å²) in [6.07, 6.45) is 1.38. The van der Waals surface area contributed by atoms with Crippen LogP contribution in [-0.4, -0.2) is 44.3 Å². The molecule has 0 aliphatic heterocycles. The molecule has 0 amide bonds. The summed E-state index contributed by atoms with van der Waals surface area (Å²) in [5.41, 5.74) is 0. The second kappa shape index (κ2) is 11.4. The lowest BCUT2D eigenvalue weighted by molar-refractivity contribution is -0.146. The van der Waals surface area contributed by atoms with Crippen LogP contribution in [0, 0.1) is 17.8 Å². The Labute approximate surface area is 140 Å². The molecule has 0 aromatic carbocycles. The van der Waals surface area contributed by atoms with Gasteiger partial charge in [0.15, 0.2) is 0 Å². The van der Waals surface area contributed by atoms with Crippen LogP contribution in [0.25, 0.3) is 0 Å². The Kier molecular flexibility index (Phi) is 10.4. The molecular weight excluding hydrogens is 320 g/mol. The van der Waals surface area contributed by atoms with E-state index in [0.717, 1.165) is 0 Å². The van der Waals surface area contributed by atoms with Gasteiger partial charge in [-0.3, -0.25) is 19.2 Å². The molecule has 8 nitrogen and oxygen atoms in total. The molecule has 0 bridgehead atoms. The van der Waals surface area contributed by atoms with Crippen LogP contribution < -0.4 is 0 Å². The number of carboxylic acids is 4. The Morgan fingerprint density at radius 3 is 1.38 bits per heavy atom. The van der Waals surface area contributed by atoms with Gasteiger partial charge in [-0.15, -0.1) is 0 Å². The van der Waals surface area contributed by atoms with Crippen molar-refractivity contribution in [1.82, 2.24) is 0 Å². The normalized spacial score (nSPS) is 14.5. The fourth-order valence-electron chi connectivity index (χ4n) is 2.59. The Morgan fingerprint density at radius 2 is 1.04 bits per heavy atom. The summed E-state index contributed by atoms with van der Waals surface area (Å²) in [6.45, 7) is 1.72. The molecule has 0 aromatic rings. The highest BCUT2D eigenvalue weighted by molar-refractivity contribution is 5.72. The summed E-state index contributed by atoms with van der Waals surface area (Å²) >= 11 is 0. The van der Waals surface area contributed by atoms with Crippen LogP contribution in [0.15, 0.2) is 0 Å². The van der Waals surface area contributed by atoms with Gasteiger partial charge in [0.1, 0.15) is 0 Å². The van der Waals surface area contributed by atoms with Gasteiger partial charge in [0.2, 0.25) is 0 Å². The number of rotatable bonds is 14. The van der Waals surface area contributed by atoms with Gasteiger partial charge < -0.3 is 20.4 Å². The lowest BCUT2D eigenvalue weighted by Crippen LogP contribution is -2.21. The lowest BCUT2D eigenvalue weighted by Gasteiger charge is -2.17. The summed E-state index contributed by atoms with van der Waals surface area (Å²) in [6, 6.07) is 0. The Bertz CT molecular complexity index is 445. The molecule has 0 aliphatic rings. The molecule has 0 aromatic heterocycles. The summed E-state index contributed by atoms with van der Waals surface area (Å²) in [5, 5.41) is 35.9. The van der Waals surface area contributed by atoms with Crippen LogP contribution in [0.1, 0.15) is 58.3 Å². The van der Waals surface area contributed by atoms with Gasteiger partial charge in [-0.1, -0.05) is 6.92 Å². The average Bonchev–Trinajstić information content (AvgIpc) is 2.47. The molecule has 3 atom stereocenters. The first-order valence-electron chi connectivity index (χ1n) is 8.09. The Hall–Kier alpha value is -2.12. The van der Waals surface area contributed by atoms with Crippen molar-refractivity contribution in [2.75, 3.05) is 0 Å². The minimum atomic E-state index is -1.07. The van der Waals surface area contributed by atoms with Crippen LogP contribution in [0.2, 0.25) is 0 Å². The fourth-order valence-corrected chi connectivity index (χ4v) is 2.59. The summed E-state index contributed by atoms with van der Waals surface area (Å²) in [7, 11) is 0. The topological polar surface area (TPSA) is 149 Å². The van der Waals surface area contributed by atoms with Crippen LogP contribution in [-0.2, 0) is 19.2 Å². The third-order valence-electron chi connectivity index (χ3n) is 4.21. The van der Waals surface area contributed by atoms with E-state index in [-0.39, 0.29) is 44.9 Å². The molecule has 138 valence electrons. The van der Waals surface area contributed by atoms with Crippen molar-refractivity contribution in [3.05, 3.63) is 0 Å². The highest BCUT2D eigenvalue weighted by Gasteiger charge is 2.25. The first-order valence-corrected chi connectivity index (χ1v) is 8.09. The molecule has 3 unspecified atom stereocenters. The first-order chi connectivity index (χ1) is 11.2. The number of carbonyl (C=O) groups is 4. The van der Waals surface area contributed by atoms with Gasteiger partial charge in [-0.25, -0.2) is 0 Å². The molecule has 4 N–H and O–H groups in total. The molecule has 0 saturated heterocycles. The van der Waals surface area contributed by atoms with Gasteiger partial charge in [-0.05, 0) is 44.9 Å². The maximum atomic E-state index is 11.3. The molecule has 0 aliphatic carbocycles. The zero-order valence-electron chi connectivity index (χ0n) is 13.8. The van der Waals surface area contributed by atoms with Crippen LogP contribution >= 0.6 is 0 Å². The predicted octanol–water partition coefficient (Wildman–Crippen LogP) is 2.31. The van der Waals surface area contributed by atoms with E-state index in [0.29, 0.717) is 6.42 Å². The zero-order chi connectivity index (χ0) is 18.7. The van der Waals surface area contributed by atoms with E-state index < -0.39 is 41.6 Å². The molecule has 0 spiro atoms. The van der Waals surface area contributed by atoms with Crippen molar-refractivity contribution in [2.45, 2.75) is 58.3 Å². The van der Waals surface area contributed by atoms with E-state index in [9.17, 15) is 24.3 Å². The molecule has 24 heavy (non-hydrogen) atoms. The molecule has 0 rings (SSSR count). The SMILES string of the molecule is CCC(CCC(CCC(CCCC(=O)O)C(=O)O)C(=O)O)C(=O)O. The molecular formula is C16H26O8. The van der Waals surface area contributed by atoms with Gasteiger partial charge in [-0.2, -0.15) is 0 Å². The average molecular weight is 346 g/mol. The van der Waals surface area contributed by atoms with E-state index >= 15 is 0 Å². The standard InChI is InChI=1S/C16H26O8/c1-2-10(14(19)20)6-7-12(16(23)24)9-8-11(15(21)22)4-3-5-13(17)18/h10-12H,2-9H2,1H3,(H,17,18)(H,19,20)(H,21,22)(H,23,24). The molecule has 0 heterocycles. The van der Waals surface area contributed by atoms with Crippen molar-refractivity contribution in [2.24, 2.45) is 17.8 Å². The molecule has 0 fully saturated rings. The van der Waals surface area contributed by atoms with E-state index in [1.165, 1.54) is 0 Å². The summed E-state index contributed by atoms with van der Waals surface area (Å²) in [4.78, 5) is 43.9. The maximum absolute atomic E-state index is 11.3. The van der Waals surface area contributed by atoms with Crippen molar-refractivity contribution in [3.63, 3.8) is 0 Å². The second-order valence-corrected chi connectivity index (χ2v) is 5.95. The van der Waals surface area contributed by atoms with E-state index in [1.807, 2.05) is 0 Å². The Morgan fingerprint density at radius 1 is 0.667 bits per heavy atom. The largest absolute Gasteiger partial charge is 0.481 e. The highest BCUT2D eigenvalue weighted by atomic mass is 16.4. The van der Waals surface area contributed by atoms with Gasteiger partial charge >= 0.3 is 23.9 Å². The van der Waals surface area contributed by atoms with E-state index in [2.05, 4.69) is 0 Å². The molecule has 0 saturated carbocycles. The van der Waals surface area contributed by atoms with Crippen molar-refractivity contribution in [3.8, 4) is 0 Å². The van der Waals surface area contributed by atoms with Crippen molar-refractivity contribution in [1.29, 1.82) is 0 Å². The van der Waals surface area contributed by atoms with Crippen LogP contribution in [0.5, 0.6) is 0 Å². The monoisotopic (exact) mass is 346 g/mol. The minimum absolute atomic E-state index is 0.122. The third kappa shape index (κ3) is 9.12. The number of aliphatic carboxylic acids is 4.